The molecule has 2 aliphatic rings. The predicted octanol–water partition coefficient (Wildman–Crippen LogP) is 1.19. The maximum absolute atomic E-state index is 10.9. The zero-order valence-corrected chi connectivity index (χ0v) is 16.1. The molecule has 0 saturated carbocycles. The number of ether oxygens (including phenoxy) is 5. The van der Waals surface area contributed by atoms with Crippen molar-refractivity contribution in [1.82, 2.24) is 9.97 Å². The highest BCUT2D eigenvalue weighted by atomic mass is 16.8. The molecule has 1 saturated heterocycles. The van der Waals surface area contributed by atoms with Crippen molar-refractivity contribution >= 4 is 6.21 Å². The Hall–Kier alpha value is -2.79. The number of methoxy groups -OCH3 is 2. The fourth-order valence-corrected chi connectivity index (χ4v) is 3.59. The number of fused-ring (bicyclic) bond motifs is 2. The van der Waals surface area contributed by atoms with Crippen molar-refractivity contribution in [1.29, 1.82) is 0 Å². The second-order valence-electron chi connectivity index (χ2n) is 6.65. The normalized spacial score (nSPS) is 30.9. The summed E-state index contributed by atoms with van der Waals surface area (Å²) in [6.45, 7) is 1.76. The van der Waals surface area contributed by atoms with Crippen LogP contribution in [0, 0.1) is 0 Å². The van der Waals surface area contributed by atoms with Crippen molar-refractivity contribution in [3.05, 3.63) is 36.2 Å². The lowest BCUT2D eigenvalue weighted by molar-refractivity contribution is -0.391. The Morgan fingerprint density at radius 1 is 1.31 bits per heavy atom. The third-order valence-corrected chi connectivity index (χ3v) is 4.99. The monoisotopic (exact) mass is 403 g/mol. The molecule has 1 fully saturated rings. The summed E-state index contributed by atoms with van der Waals surface area (Å²) in [5, 5.41) is 22.9. The third-order valence-electron chi connectivity index (χ3n) is 4.99. The van der Waals surface area contributed by atoms with Crippen molar-refractivity contribution in [2.75, 3.05) is 14.2 Å². The fourth-order valence-electron chi connectivity index (χ4n) is 3.59. The van der Waals surface area contributed by atoms with E-state index in [9.17, 15) is 5.11 Å². The van der Waals surface area contributed by atoms with E-state index < -0.39 is 30.4 Å². The molecule has 0 aliphatic carbocycles. The Labute approximate surface area is 166 Å². The molecule has 2 aliphatic heterocycles. The molecule has 4 heterocycles. The van der Waals surface area contributed by atoms with Crippen LogP contribution in [0.1, 0.15) is 12.6 Å². The summed E-state index contributed by atoms with van der Waals surface area (Å²) < 4.78 is 29.0. The molecule has 0 amide bonds. The largest absolute Gasteiger partial charge is 0.451 e. The van der Waals surface area contributed by atoms with Crippen LogP contribution in [0.5, 0.6) is 11.5 Å². The molecule has 4 rings (SSSR count). The highest BCUT2D eigenvalue weighted by Crippen LogP contribution is 2.48. The summed E-state index contributed by atoms with van der Waals surface area (Å²) in [4.78, 5) is 8.75. The Morgan fingerprint density at radius 2 is 2.14 bits per heavy atom. The van der Waals surface area contributed by atoms with E-state index in [4.69, 9.17) is 28.9 Å². The Morgan fingerprint density at radius 3 is 2.79 bits per heavy atom. The van der Waals surface area contributed by atoms with Crippen LogP contribution in [0.15, 0.2) is 35.6 Å². The molecule has 0 bridgehead atoms. The van der Waals surface area contributed by atoms with Crippen LogP contribution in [0.2, 0.25) is 0 Å². The van der Waals surface area contributed by atoms with Crippen LogP contribution in [-0.2, 0) is 14.2 Å². The number of aliphatic hydroxyl groups is 1. The number of nitrogens with zero attached hydrogens (tertiary/aromatic N) is 3. The molecule has 0 radical (unpaired) electrons. The third kappa shape index (κ3) is 3.10. The van der Waals surface area contributed by atoms with E-state index in [1.165, 1.54) is 20.3 Å². The Balaban J connectivity index is 1.86. The molecule has 154 valence electrons. The summed E-state index contributed by atoms with van der Waals surface area (Å²) in [6.07, 6.45) is -0.716. The molecule has 5 atom stereocenters. The molecule has 10 nitrogen and oxygen atoms in total. The van der Waals surface area contributed by atoms with E-state index in [1.807, 2.05) is 0 Å². The van der Waals surface area contributed by atoms with E-state index in [2.05, 4.69) is 15.1 Å². The average molecular weight is 403 g/mol. The minimum Gasteiger partial charge on any atom is -0.451 e. The number of pyridine rings is 2. The number of aliphatic hydroxyl groups excluding tert-OH is 1. The standard InChI is InChI=1S/C19H21N3O7/c1-10-15(25-2)17(23)19(26-3)18(27-10)28-16-13(29-19)8-11(9-21-24)22-14(16)12-6-4-5-7-20-12/h4-10,15,17-18,23-24H,1-3H3/b21-9+/t10-,15-,17+,18+,19-/m0/s1. The van der Waals surface area contributed by atoms with E-state index in [-0.39, 0.29) is 11.5 Å². The summed E-state index contributed by atoms with van der Waals surface area (Å²) in [5.74, 6) is -1.18. The molecular formula is C19H21N3O7. The van der Waals surface area contributed by atoms with Crippen molar-refractivity contribution in [3.63, 3.8) is 0 Å². The molecule has 2 aromatic heterocycles. The van der Waals surface area contributed by atoms with Gasteiger partial charge in [0, 0.05) is 26.5 Å². The van der Waals surface area contributed by atoms with Gasteiger partial charge in [-0.2, -0.15) is 0 Å². The molecule has 0 spiro atoms. The molecule has 2 N–H and O–H groups in total. The van der Waals surface area contributed by atoms with Gasteiger partial charge in [0.1, 0.15) is 11.8 Å². The smallest absolute Gasteiger partial charge is 0.302 e. The number of hydrogen-bond donors (Lipinski definition) is 2. The number of aromatic nitrogens is 2. The first kappa shape index (κ1) is 19.5. The topological polar surface area (TPSA) is 125 Å². The van der Waals surface area contributed by atoms with E-state index in [1.54, 1.807) is 31.3 Å². The molecule has 0 aromatic carbocycles. The SMILES string of the molecule is CO[C@H]1[C@H](C)O[C@@H]2Oc3c(cc(/C=N/O)nc3-c3ccccn3)O[C@@]2(OC)[C@@H]1O. The van der Waals surface area contributed by atoms with Crippen LogP contribution in [-0.4, -0.2) is 71.1 Å². The highest BCUT2D eigenvalue weighted by molar-refractivity contribution is 5.81. The molecule has 2 aromatic rings. The second kappa shape index (κ2) is 7.56. The minimum atomic E-state index is -1.67. The molecule has 0 unspecified atom stereocenters. The molecule has 29 heavy (non-hydrogen) atoms. The number of hydrogen-bond acceptors (Lipinski definition) is 10. The van der Waals surface area contributed by atoms with Gasteiger partial charge in [-0.05, 0) is 19.1 Å². The summed E-state index contributed by atoms with van der Waals surface area (Å²) in [5.41, 5.74) is 1.18. The summed E-state index contributed by atoms with van der Waals surface area (Å²) in [6, 6.07) is 6.84. The highest BCUT2D eigenvalue weighted by Gasteiger charge is 2.62. The van der Waals surface area contributed by atoms with Gasteiger partial charge in [0.05, 0.1) is 23.7 Å². The average Bonchev–Trinajstić information content (AvgIpc) is 2.73. The van der Waals surface area contributed by atoms with Crippen LogP contribution >= 0.6 is 0 Å². The van der Waals surface area contributed by atoms with Gasteiger partial charge < -0.3 is 34.0 Å². The lowest BCUT2D eigenvalue weighted by Gasteiger charge is -2.51. The molecule has 10 heteroatoms. The minimum absolute atomic E-state index is 0.223. The van der Waals surface area contributed by atoms with E-state index in [0.717, 1.165) is 6.21 Å². The second-order valence-corrected chi connectivity index (χ2v) is 6.65. The lowest BCUT2D eigenvalue weighted by Crippen LogP contribution is -2.71. The van der Waals surface area contributed by atoms with Gasteiger partial charge in [-0.3, -0.25) is 4.98 Å². The van der Waals surface area contributed by atoms with Gasteiger partial charge in [0.2, 0.25) is 0 Å². The summed E-state index contributed by atoms with van der Waals surface area (Å²) >= 11 is 0. The quantitative estimate of drug-likeness (QED) is 0.440. The van der Waals surface area contributed by atoms with Crippen molar-refractivity contribution in [2.24, 2.45) is 5.16 Å². The first-order valence-electron chi connectivity index (χ1n) is 8.95. The van der Waals surface area contributed by atoms with Crippen LogP contribution in [0.3, 0.4) is 0 Å². The Kier molecular flexibility index (Phi) is 5.09. The number of rotatable bonds is 4. The maximum Gasteiger partial charge on any atom is 0.302 e. The van der Waals surface area contributed by atoms with Gasteiger partial charge >= 0.3 is 5.79 Å². The first-order chi connectivity index (χ1) is 14.0. The zero-order chi connectivity index (χ0) is 20.6. The van der Waals surface area contributed by atoms with Crippen LogP contribution < -0.4 is 9.47 Å². The fraction of sp³-hybridized carbons (Fsp3) is 0.421. The predicted molar refractivity (Wildman–Crippen MR) is 99.0 cm³/mol. The number of oxime groups is 1. The van der Waals surface area contributed by atoms with Gasteiger partial charge in [-0.25, -0.2) is 4.98 Å². The van der Waals surface area contributed by atoms with Crippen LogP contribution in [0.25, 0.3) is 11.4 Å². The molecular weight excluding hydrogens is 382 g/mol. The van der Waals surface area contributed by atoms with E-state index >= 15 is 0 Å². The lowest BCUT2D eigenvalue weighted by atomic mass is 9.95. The zero-order valence-electron chi connectivity index (χ0n) is 16.1. The van der Waals surface area contributed by atoms with Crippen molar-refractivity contribution in [2.45, 2.75) is 37.3 Å². The van der Waals surface area contributed by atoms with Gasteiger partial charge in [-0.15, -0.1) is 0 Å². The van der Waals surface area contributed by atoms with Crippen molar-refractivity contribution < 1.29 is 34.0 Å². The van der Waals surface area contributed by atoms with Gasteiger partial charge in [0.15, 0.2) is 17.6 Å². The van der Waals surface area contributed by atoms with Crippen LogP contribution in [0.4, 0.5) is 0 Å². The van der Waals surface area contributed by atoms with Gasteiger partial charge in [-0.1, -0.05) is 11.2 Å². The Bertz CT molecular complexity index is 910. The maximum atomic E-state index is 10.9. The van der Waals surface area contributed by atoms with Crippen molar-refractivity contribution in [3.8, 4) is 22.9 Å². The summed E-state index contributed by atoms with van der Waals surface area (Å²) in [7, 11) is 2.85. The van der Waals surface area contributed by atoms with E-state index in [0.29, 0.717) is 17.1 Å². The first-order valence-corrected chi connectivity index (χ1v) is 8.95. The van der Waals surface area contributed by atoms with Gasteiger partial charge in [0.25, 0.3) is 6.29 Å².